The second kappa shape index (κ2) is 3.38. The number of hydrogen-bond acceptors (Lipinski definition) is 1. The van der Waals surface area contributed by atoms with E-state index in [0.717, 1.165) is 5.56 Å². The van der Waals surface area contributed by atoms with E-state index in [1.54, 1.807) is 19.1 Å². The van der Waals surface area contributed by atoms with Gasteiger partial charge in [0.25, 0.3) is 0 Å². The van der Waals surface area contributed by atoms with Crippen LogP contribution in [0.25, 0.3) is 0 Å². The molecule has 0 aromatic heterocycles. The maximum atomic E-state index is 12.1. The molecule has 0 unspecified atom stereocenters. The highest BCUT2D eigenvalue weighted by Crippen LogP contribution is 2.30. The lowest BCUT2D eigenvalue weighted by atomic mass is 10.1. The van der Waals surface area contributed by atoms with Crippen molar-refractivity contribution in [2.45, 2.75) is 19.1 Å². The Morgan fingerprint density at radius 1 is 1.31 bits per heavy atom. The minimum absolute atomic E-state index is 0.104. The normalized spacial score (nSPS) is 14.2. The van der Waals surface area contributed by atoms with Crippen LogP contribution in [0.3, 0.4) is 0 Å². The Bertz CT molecular complexity index is 293. The second-order valence-corrected chi connectivity index (χ2v) is 2.93. The summed E-state index contributed by atoms with van der Waals surface area (Å²) in [4.78, 5) is 0. The van der Waals surface area contributed by atoms with Crippen molar-refractivity contribution < 1.29 is 13.2 Å². The first-order chi connectivity index (χ1) is 5.91. The molecule has 0 heterocycles. The summed E-state index contributed by atoms with van der Waals surface area (Å²) in [5.74, 6) is 0. The average molecular weight is 189 g/mol. The molecule has 1 rings (SSSR count). The Kier molecular flexibility index (Phi) is 2.61. The Morgan fingerprint density at radius 2 is 1.92 bits per heavy atom. The zero-order valence-corrected chi connectivity index (χ0v) is 7.10. The molecule has 0 bridgehead atoms. The van der Waals surface area contributed by atoms with Gasteiger partial charge in [-0.1, -0.05) is 29.8 Å². The fourth-order valence-corrected chi connectivity index (χ4v) is 1.05. The van der Waals surface area contributed by atoms with Crippen LogP contribution in [-0.4, -0.2) is 6.18 Å². The van der Waals surface area contributed by atoms with Crippen LogP contribution in [0.1, 0.15) is 17.2 Å². The summed E-state index contributed by atoms with van der Waals surface area (Å²) in [6, 6.07) is 4.24. The van der Waals surface area contributed by atoms with Crippen molar-refractivity contribution in [2.75, 3.05) is 0 Å². The Labute approximate surface area is 74.4 Å². The smallest absolute Gasteiger partial charge is 0.316 e. The number of rotatable bonds is 1. The summed E-state index contributed by atoms with van der Waals surface area (Å²) in [6.07, 6.45) is -4.37. The largest absolute Gasteiger partial charge is 0.407 e. The highest BCUT2D eigenvalue weighted by Gasteiger charge is 2.37. The number of halogens is 3. The van der Waals surface area contributed by atoms with Crippen LogP contribution in [0.4, 0.5) is 13.2 Å². The van der Waals surface area contributed by atoms with Crippen LogP contribution < -0.4 is 5.73 Å². The predicted octanol–water partition coefficient (Wildman–Crippen LogP) is 2.56. The molecule has 0 saturated carbocycles. The molecule has 4 heteroatoms. The molecular weight excluding hydrogens is 179 g/mol. The molecule has 0 fully saturated rings. The Hall–Kier alpha value is -1.03. The third kappa shape index (κ3) is 2.45. The van der Waals surface area contributed by atoms with E-state index < -0.39 is 12.2 Å². The zero-order chi connectivity index (χ0) is 10.1. The fraction of sp³-hybridized carbons (Fsp3) is 0.333. The molecule has 1 atom stereocenters. The maximum absolute atomic E-state index is 12.1. The Balaban J connectivity index is 2.96. The van der Waals surface area contributed by atoms with E-state index in [2.05, 4.69) is 0 Å². The van der Waals surface area contributed by atoms with Gasteiger partial charge in [-0.3, -0.25) is 0 Å². The molecule has 1 aromatic carbocycles. The van der Waals surface area contributed by atoms with E-state index in [-0.39, 0.29) is 5.56 Å². The summed E-state index contributed by atoms with van der Waals surface area (Å²) in [6.45, 7) is 1.73. The molecule has 1 nitrogen and oxygen atoms in total. The summed E-state index contributed by atoms with van der Waals surface area (Å²) >= 11 is 0. The summed E-state index contributed by atoms with van der Waals surface area (Å²) in [7, 11) is 0. The van der Waals surface area contributed by atoms with Crippen molar-refractivity contribution in [2.24, 2.45) is 5.73 Å². The van der Waals surface area contributed by atoms with Crippen LogP contribution in [-0.2, 0) is 0 Å². The van der Waals surface area contributed by atoms with Gasteiger partial charge >= 0.3 is 6.18 Å². The summed E-state index contributed by atoms with van der Waals surface area (Å²) in [5, 5.41) is 0. The third-order valence-corrected chi connectivity index (χ3v) is 1.75. The number of alkyl halides is 3. The molecule has 0 aliphatic heterocycles. The molecule has 0 spiro atoms. The van der Waals surface area contributed by atoms with Gasteiger partial charge in [0.2, 0.25) is 0 Å². The van der Waals surface area contributed by atoms with Crippen molar-refractivity contribution in [1.82, 2.24) is 0 Å². The first-order valence-electron chi connectivity index (χ1n) is 3.80. The number of nitrogens with two attached hydrogens (primary N) is 1. The van der Waals surface area contributed by atoms with Crippen molar-refractivity contribution >= 4 is 0 Å². The molecule has 0 radical (unpaired) electrons. The molecule has 1 aromatic rings. The van der Waals surface area contributed by atoms with Gasteiger partial charge in [0, 0.05) is 0 Å². The first kappa shape index (κ1) is 10.1. The molecule has 72 valence electrons. The SMILES string of the molecule is Cc1cccc([C@H](N)C(F)(F)F)c1. The highest BCUT2D eigenvalue weighted by molar-refractivity contribution is 5.25. The van der Waals surface area contributed by atoms with E-state index in [9.17, 15) is 13.2 Å². The van der Waals surface area contributed by atoms with E-state index >= 15 is 0 Å². The van der Waals surface area contributed by atoms with E-state index in [4.69, 9.17) is 5.73 Å². The second-order valence-electron chi connectivity index (χ2n) is 2.93. The van der Waals surface area contributed by atoms with Gasteiger partial charge in [-0.2, -0.15) is 13.2 Å². The molecule has 0 amide bonds. The standard InChI is InChI=1S/C9H10F3N/c1-6-3-2-4-7(5-6)8(13)9(10,11)12/h2-5,8H,13H2,1H3/t8-/m0/s1. The number of hydrogen-bond donors (Lipinski definition) is 1. The predicted molar refractivity (Wildman–Crippen MR) is 44.2 cm³/mol. The minimum atomic E-state index is -4.37. The zero-order valence-electron chi connectivity index (χ0n) is 7.10. The average Bonchev–Trinajstić information content (AvgIpc) is 2.01. The lowest BCUT2D eigenvalue weighted by Crippen LogP contribution is -2.28. The topological polar surface area (TPSA) is 26.0 Å². The number of benzene rings is 1. The molecule has 0 aliphatic carbocycles. The molecular formula is C9H10F3N. The molecule has 0 saturated heterocycles. The maximum Gasteiger partial charge on any atom is 0.407 e. The van der Waals surface area contributed by atoms with Crippen molar-refractivity contribution in [3.8, 4) is 0 Å². The van der Waals surface area contributed by atoms with E-state index in [1.165, 1.54) is 12.1 Å². The van der Waals surface area contributed by atoms with Crippen molar-refractivity contribution in [3.63, 3.8) is 0 Å². The minimum Gasteiger partial charge on any atom is -0.316 e. The van der Waals surface area contributed by atoms with Gasteiger partial charge in [0.05, 0.1) is 0 Å². The summed E-state index contributed by atoms with van der Waals surface area (Å²) < 4.78 is 36.4. The van der Waals surface area contributed by atoms with E-state index in [0.29, 0.717) is 0 Å². The van der Waals surface area contributed by atoms with Crippen molar-refractivity contribution in [3.05, 3.63) is 35.4 Å². The Morgan fingerprint density at radius 3 is 2.38 bits per heavy atom. The van der Waals surface area contributed by atoms with Gasteiger partial charge in [-0.05, 0) is 12.5 Å². The monoisotopic (exact) mass is 189 g/mol. The van der Waals surface area contributed by atoms with Crippen LogP contribution in [0, 0.1) is 6.92 Å². The summed E-state index contributed by atoms with van der Waals surface area (Å²) in [5.41, 5.74) is 5.90. The van der Waals surface area contributed by atoms with Crippen LogP contribution >= 0.6 is 0 Å². The fourth-order valence-electron chi connectivity index (χ4n) is 1.05. The van der Waals surface area contributed by atoms with Crippen LogP contribution in [0.2, 0.25) is 0 Å². The van der Waals surface area contributed by atoms with Gasteiger partial charge in [0.1, 0.15) is 6.04 Å². The van der Waals surface area contributed by atoms with E-state index in [1.807, 2.05) is 0 Å². The third-order valence-electron chi connectivity index (χ3n) is 1.75. The number of aryl methyl sites for hydroxylation is 1. The lowest BCUT2D eigenvalue weighted by Gasteiger charge is -2.15. The molecule has 0 aliphatic rings. The van der Waals surface area contributed by atoms with Crippen molar-refractivity contribution in [1.29, 1.82) is 0 Å². The lowest BCUT2D eigenvalue weighted by molar-refractivity contribution is -0.149. The molecule has 2 N–H and O–H groups in total. The quantitative estimate of drug-likeness (QED) is 0.721. The van der Waals surface area contributed by atoms with Gasteiger partial charge in [-0.15, -0.1) is 0 Å². The van der Waals surface area contributed by atoms with Gasteiger partial charge in [-0.25, -0.2) is 0 Å². The van der Waals surface area contributed by atoms with Gasteiger partial charge in [0.15, 0.2) is 0 Å². The van der Waals surface area contributed by atoms with Crippen LogP contribution in [0.15, 0.2) is 24.3 Å². The molecule has 13 heavy (non-hydrogen) atoms. The van der Waals surface area contributed by atoms with Gasteiger partial charge < -0.3 is 5.73 Å². The first-order valence-corrected chi connectivity index (χ1v) is 3.80. The van der Waals surface area contributed by atoms with Crippen LogP contribution in [0.5, 0.6) is 0 Å². The highest BCUT2D eigenvalue weighted by atomic mass is 19.4.